The van der Waals surface area contributed by atoms with Crippen LogP contribution in [0.3, 0.4) is 0 Å². The van der Waals surface area contributed by atoms with E-state index in [1.54, 1.807) is 0 Å². The minimum atomic E-state index is -4.23. The van der Waals surface area contributed by atoms with Gasteiger partial charge < -0.3 is 20.7 Å². The molecular weight excluding hydrogens is 520 g/mol. The number of aromatic nitrogens is 2. The lowest BCUT2D eigenvalue weighted by atomic mass is 10.1. The number of phosphoric ester groups is 1. The van der Waals surface area contributed by atoms with Gasteiger partial charge in [-0.15, -0.1) is 0 Å². The van der Waals surface area contributed by atoms with Crippen LogP contribution in [0.2, 0.25) is 0 Å². The lowest BCUT2D eigenvalue weighted by Gasteiger charge is -2.21. The minimum Gasteiger partial charge on any atom is -0.387 e. The fraction of sp³-hybridized carbons (Fsp3) is 0.647. The van der Waals surface area contributed by atoms with Gasteiger partial charge in [0, 0.05) is 25.4 Å². The number of ether oxygens (including phenoxy) is 1. The Morgan fingerprint density at radius 2 is 1.74 bits per heavy atom. The molecule has 0 aromatic carbocycles. The van der Waals surface area contributed by atoms with Gasteiger partial charge >= 0.3 is 13.5 Å². The number of hydrogen-bond acceptors (Lipinski definition) is 14. The number of nitrogens with two attached hydrogens (primary N) is 1. The molecule has 4 N–H and O–H groups in total. The molecule has 0 unspecified atom stereocenters. The second-order valence-corrected chi connectivity index (χ2v) is 11.0. The Bertz CT molecular complexity index is 957. The lowest BCUT2D eigenvalue weighted by molar-refractivity contribution is -0.109. The fourth-order valence-electron chi connectivity index (χ4n) is 2.68. The van der Waals surface area contributed by atoms with Crippen LogP contribution in [0.5, 0.6) is 0 Å². The highest BCUT2D eigenvalue weighted by atomic mass is 32.2. The highest BCUT2D eigenvalue weighted by Crippen LogP contribution is 2.50. The number of nitrogen functional groups attached to an aromatic ring is 1. The van der Waals surface area contributed by atoms with Crippen LogP contribution in [0.15, 0.2) is 11.0 Å². The van der Waals surface area contributed by atoms with E-state index in [1.807, 2.05) is 0 Å². The van der Waals surface area contributed by atoms with E-state index < -0.39 is 56.3 Å². The van der Waals surface area contributed by atoms with Crippen molar-refractivity contribution in [3.63, 3.8) is 0 Å². The molecule has 0 radical (unpaired) electrons. The van der Waals surface area contributed by atoms with Crippen molar-refractivity contribution >= 4 is 47.4 Å². The van der Waals surface area contributed by atoms with Gasteiger partial charge in [-0.05, 0) is 0 Å². The van der Waals surface area contributed by atoms with Crippen LogP contribution < -0.4 is 11.4 Å². The number of carbonyl (C=O) groups excluding carboxylic acids is 2. The Morgan fingerprint density at radius 1 is 1.18 bits per heavy atom. The van der Waals surface area contributed by atoms with Crippen molar-refractivity contribution in [1.29, 1.82) is 0 Å². The number of rotatable bonds is 12. The molecule has 17 heteroatoms. The smallest absolute Gasteiger partial charge is 0.387 e. The van der Waals surface area contributed by atoms with Crippen LogP contribution in [-0.2, 0) is 32.5 Å². The Hall–Kier alpha value is -1.36. The predicted octanol–water partition coefficient (Wildman–Crippen LogP) is 0.301. The summed E-state index contributed by atoms with van der Waals surface area (Å²) < 4.78 is 48.3. The summed E-state index contributed by atoms with van der Waals surface area (Å²) in [5, 5.41) is 20.2. The van der Waals surface area contributed by atoms with Crippen molar-refractivity contribution in [2.45, 2.75) is 38.4 Å². The van der Waals surface area contributed by atoms with Crippen molar-refractivity contribution in [2.75, 3.05) is 37.1 Å². The zero-order chi connectivity index (χ0) is 25.5. The van der Waals surface area contributed by atoms with Gasteiger partial charge in [0.1, 0.15) is 18.3 Å². The van der Waals surface area contributed by atoms with Crippen molar-refractivity contribution in [2.24, 2.45) is 0 Å². The first-order chi connectivity index (χ1) is 15.9. The highest BCUT2D eigenvalue weighted by molar-refractivity contribution is 8.13. The quantitative estimate of drug-likeness (QED) is 0.240. The molecule has 0 bridgehead atoms. The predicted molar refractivity (Wildman–Crippen MR) is 121 cm³/mol. The summed E-state index contributed by atoms with van der Waals surface area (Å²) in [6, 6.07) is 0. The molecule has 0 saturated carbocycles. The van der Waals surface area contributed by atoms with Crippen molar-refractivity contribution in [3.05, 3.63) is 22.5 Å². The number of carbonyl (C=O) groups is 2. The number of aliphatic hydroxyl groups excluding tert-OH is 2. The number of thioether (sulfide) groups is 2. The van der Waals surface area contributed by atoms with Crippen LogP contribution in [0, 0.1) is 5.82 Å². The zero-order valence-corrected chi connectivity index (χ0v) is 20.7. The molecule has 2 rings (SSSR count). The molecule has 0 aliphatic carbocycles. The van der Waals surface area contributed by atoms with Crippen molar-refractivity contribution < 1.29 is 47.1 Å². The molecule has 0 spiro atoms. The van der Waals surface area contributed by atoms with Gasteiger partial charge in [-0.1, -0.05) is 23.5 Å². The van der Waals surface area contributed by atoms with Crippen LogP contribution in [-0.4, -0.2) is 79.6 Å². The standard InChI is InChI=1S/C17H25FN3O10PS2/c1-9(22)33-5-3-28-32(27,29-4-6-34-10(2)23)30-8-12-13(24)14(25)16(31-12)21-7-11(18)15(19)20-17(21)26/h7,12-14,16,24-25H,3-6,8H2,1-2H3,(H2,19,20,26)/t12-,13-,14-,16-/m1/s1. The van der Waals surface area contributed by atoms with Gasteiger partial charge in [0.2, 0.25) is 0 Å². The first-order valence-corrected chi connectivity index (χ1v) is 13.2. The van der Waals surface area contributed by atoms with Crippen molar-refractivity contribution in [1.82, 2.24) is 9.55 Å². The Balaban J connectivity index is 2.04. The van der Waals surface area contributed by atoms with Gasteiger partial charge in [-0.25, -0.2) is 13.8 Å². The molecule has 192 valence electrons. The number of anilines is 1. The van der Waals surface area contributed by atoms with Gasteiger partial charge in [-0.2, -0.15) is 4.98 Å². The highest BCUT2D eigenvalue weighted by Gasteiger charge is 2.45. The maximum atomic E-state index is 13.7. The average molecular weight is 546 g/mol. The van der Waals surface area contributed by atoms with Gasteiger partial charge in [0.25, 0.3) is 0 Å². The Kier molecular flexibility index (Phi) is 11.1. The third kappa shape index (κ3) is 8.39. The molecule has 34 heavy (non-hydrogen) atoms. The molecule has 1 aromatic heterocycles. The molecular formula is C17H25FN3O10PS2. The van der Waals surface area contributed by atoms with Gasteiger partial charge in [0.05, 0.1) is 26.0 Å². The Labute approximate surface area is 202 Å². The number of phosphoric acid groups is 1. The lowest BCUT2D eigenvalue weighted by Crippen LogP contribution is -2.36. The molecule has 1 aromatic rings. The summed E-state index contributed by atoms with van der Waals surface area (Å²) in [5.74, 6) is -1.36. The normalized spacial score (nSPS) is 22.7. The molecule has 4 atom stereocenters. The molecule has 0 amide bonds. The topological polar surface area (TPSA) is 190 Å². The average Bonchev–Trinajstić information content (AvgIpc) is 3.04. The summed E-state index contributed by atoms with van der Waals surface area (Å²) in [5.41, 5.74) is 4.21. The van der Waals surface area contributed by atoms with E-state index in [9.17, 15) is 33.6 Å². The van der Waals surface area contributed by atoms with E-state index in [0.29, 0.717) is 10.8 Å². The fourth-order valence-corrected chi connectivity index (χ4v) is 5.02. The summed E-state index contributed by atoms with van der Waals surface area (Å²) in [4.78, 5) is 37.3. The third-order valence-electron chi connectivity index (χ3n) is 4.22. The molecule has 13 nitrogen and oxygen atoms in total. The van der Waals surface area contributed by atoms with E-state index in [1.165, 1.54) is 13.8 Å². The first kappa shape index (κ1) is 28.9. The molecule has 1 saturated heterocycles. The SMILES string of the molecule is CC(=O)SCCOP(=O)(OCCSC(C)=O)OC[C@H]1O[C@@H](n2cc(F)c(N)nc2=O)[C@H](O)[C@@H]1O. The monoisotopic (exact) mass is 545 g/mol. The van der Waals surface area contributed by atoms with E-state index in [4.69, 9.17) is 24.0 Å². The van der Waals surface area contributed by atoms with Gasteiger partial charge in [-0.3, -0.25) is 27.7 Å². The van der Waals surface area contributed by atoms with E-state index in [0.717, 1.165) is 23.5 Å². The zero-order valence-electron chi connectivity index (χ0n) is 18.2. The van der Waals surface area contributed by atoms with E-state index in [2.05, 4.69) is 4.98 Å². The van der Waals surface area contributed by atoms with Crippen LogP contribution in [0.25, 0.3) is 0 Å². The number of halogens is 1. The molecule has 1 aliphatic rings. The third-order valence-corrected chi connectivity index (χ3v) is 7.24. The largest absolute Gasteiger partial charge is 0.474 e. The summed E-state index contributed by atoms with van der Waals surface area (Å²) in [6.45, 7) is 1.75. The van der Waals surface area contributed by atoms with E-state index in [-0.39, 0.29) is 35.0 Å². The number of nitrogens with zero attached hydrogens (tertiary/aromatic N) is 2. The number of aliphatic hydroxyl groups is 2. The van der Waals surface area contributed by atoms with E-state index >= 15 is 0 Å². The minimum absolute atomic E-state index is 0.163. The van der Waals surface area contributed by atoms with Crippen LogP contribution >= 0.6 is 31.3 Å². The molecule has 2 heterocycles. The van der Waals surface area contributed by atoms with Gasteiger partial charge in [0.15, 0.2) is 28.1 Å². The van der Waals surface area contributed by atoms with Crippen molar-refractivity contribution in [3.8, 4) is 0 Å². The number of hydrogen-bond donors (Lipinski definition) is 3. The molecule has 1 fully saturated rings. The first-order valence-electron chi connectivity index (χ1n) is 9.79. The van der Waals surface area contributed by atoms with Crippen LogP contribution in [0.1, 0.15) is 20.1 Å². The second-order valence-electron chi connectivity index (χ2n) is 6.80. The molecule has 1 aliphatic heterocycles. The summed E-state index contributed by atoms with van der Waals surface area (Å²) in [6.07, 6.45) is -5.47. The summed E-state index contributed by atoms with van der Waals surface area (Å²) in [7, 11) is -4.23. The maximum Gasteiger partial charge on any atom is 0.474 e. The maximum absolute atomic E-state index is 13.7. The van der Waals surface area contributed by atoms with Crippen LogP contribution in [0.4, 0.5) is 10.2 Å². The summed E-state index contributed by atoms with van der Waals surface area (Å²) >= 11 is 1.86. The second kappa shape index (κ2) is 13.1. The Morgan fingerprint density at radius 3 is 2.26 bits per heavy atom.